The minimum Gasteiger partial charge on any atom is -0.504 e. The van der Waals surface area contributed by atoms with Gasteiger partial charge in [0.2, 0.25) is 0 Å². The number of aromatic nitrogens is 3. The molecule has 3 aromatic rings. The van der Waals surface area contributed by atoms with E-state index in [-0.39, 0.29) is 11.4 Å². The van der Waals surface area contributed by atoms with E-state index < -0.39 is 5.91 Å². The van der Waals surface area contributed by atoms with Crippen LogP contribution in [0.4, 0.5) is 0 Å². The number of nitrogens with one attached hydrogen (secondary N) is 1. The number of benzene rings is 1. The summed E-state index contributed by atoms with van der Waals surface area (Å²) in [5.74, 6) is 0.586. The van der Waals surface area contributed by atoms with Gasteiger partial charge in [0.1, 0.15) is 17.8 Å². The number of carbonyl (C=O) groups is 1. The highest BCUT2D eigenvalue weighted by Crippen LogP contribution is 2.25. The van der Waals surface area contributed by atoms with Crippen molar-refractivity contribution >= 4 is 12.1 Å². The van der Waals surface area contributed by atoms with Crippen LogP contribution in [0, 0.1) is 6.92 Å². The number of amides is 1. The first-order chi connectivity index (χ1) is 12.6. The molecule has 0 spiro atoms. The number of ether oxygens (including phenoxy) is 1. The van der Waals surface area contributed by atoms with Gasteiger partial charge in [-0.15, -0.1) is 0 Å². The number of aryl methyl sites for hydroxylation is 1. The molecular formula is C18H17N5O3. The lowest BCUT2D eigenvalue weighted by molar-refractivity contribution is 0.0950. The first kappa shape index (κ1) is 17.2. The molecule has 0 aliphatic rings. The summed E-state index contributed by atoms with van der Waals surface area (Å²) in [6, 6.07) is 10.3. The van der Waals surface area contributed by atoms with Crippen LogP contribution in [-0.2, 0) is 0 Å². The zero-order valence-electron chi connectivity index (χ0n) is 14.2. The quantitative estimate of drug-likeness (QED) is 0.541. The average Bonchev–Trinajstić information content (AvgIpc) is 3.13. The van der Waals surface area contributed by atoms with Gasteiger partial charge in [-0.25, -0.2) is 15.4 Å². The van der Waals surface area contributed by atoms with Gasteiger partial charge in [-0.2, -0.15) is 5.10 Å². The number of phenolic OH excluding ortho intramolecular Hbond substituents is 1. The van der Waals surface area contributed by atoms with Crippen LogP contribution in [0.15, 0.2) is 54.0 Å². The second-order valence-electron chi connectivity index (χ2n) is 5.43. The Morgan fingerprint density at radius 3 is 2.96 bits per heavy atom. The normalized spacial score (nSPS) is 10.8. The largest absolute Gasteiger partial charge is 0.504 e. The van der Waals surface area contributed by atoms with E-state index >= 15 is 0 Å². The van der Waals surface area contributed by atoms with Crippen LogP contribution >= 0.6 is 0 Å². The standard InChI is InChI=1S/C18H17N5O3/c1-12-4-3-5-17(21-12)23-10-14(19-11-23)18(25)22-20-9-13-6-7-15(24)16(8-13)26-2/h3-11,24H,1-2H3,(H,22,25)/b20-9+. The van der Waals surface area contributed by atoms with E-state index in [1.54, 1.807) is 22.9 Å². The van der Waals surface area contributed by atoms with E-state index in [2.05, 4.69) is 20.5 Å². The third-order valence-electron chi connectivity index (χ3n) is 3.54. The predicted molar refractivity (Wildman–Crippen MR) is 95.8 cm³/mol. The SMILES string of the molecule is COc1cc(/C=N/NC(=O)c2cn(-c3cccc(C)n3)cn2)ccc1O. The van der Waals surface area contributed by atoms with Gasteiger partial charge in [-0.1, -0.05) is 6.07 Å². The Labute approximate surface area is 149 Å². The highest BCUT2D eigenvalue weighted by atomic mass is 16.5. The molecule has 132 valence electrons. The first-order valence-electron chi connectivity index (χ1n) is 7.75. The van der Waals surface area contributed by atoms with E-state index in [0.717, 1.165) is 5.69 Å². The molecule has 8 nitrogen and oxygen atoms in total. The highest BCUT2D eigenvalue weighted by molar-refractivity contribution is 5.93. The topological polar surface area (TPSA) is 102 Å². The van der Waals surface area contributed by atoms with Crippen molar-refractivity contribution in [1.82, 2.24) is 20.0 Å². The molecule has 8 heteroatoms. The van der Waals surface area contributed by atoms with E-state index in [1.807, 2.05) is 25.1 Å². The van der Waals surface area contributed by atoms with Crippen molar-refractivity contribution in [1.29, 1.82) is 0 Å². The number of aromatic hydroxyl groups is 1. The summed E-state index contributed by atoms with van der Waals surface area (Å²) in [6.45, 7) is 1.89. The lowest BCUT2D eigenvalue weighted by atomic mass is 10.2. The van der Waals surface area contributed by atoms with Crippen LogP contribution in [0.3, 0.4) is 0 Å². The van der Waals surface area contributed by atoms with Crippen LogP contribution in [0.5, 0.6) is 11.5 Å². The van der Waals surface area contributed by atoms with Crippen molar-refractivity contribution in [2.24, 2.45) is 5.10 Å². The van der Waals surface area contributed by atoms with E-state index in [1.165, 1.54) is 25.7 Å². The molecule has 0 aliphatic heterocycles. The summed E-state index contributed by atoms with van der Waals surface area (Å²) in [6.07, 6.45) is 4.54. The van der Waals surface area contributed by atoms with E-state index in [0.29, 0.717) is 17.1 Å². The minimum absolute atomic E-state index is 0.0315. The number of pyridine rings is 1. The van der Waals surface area contributed by atoms with Gasteiger partial charge in [-0.05, 0) is 42.8 Å². The van der Waals surface area contributed by atoms with Gasteiger partial charge in [0, 0.05) is 11.9 Å². The summed E-state index contributed by atoms with van der Waals surface area (Å²) >= 11 is 0. The molecule has 0 atom stereocenters. The van der Waals surface area contributed by atoms with Gasteiger partial charge < -0.3 is 9.84 Å². The monoisotopic (exact) mass is 351 g/mol. The van der Waals surface area contributed by atoms with Gasteiger partial charge in [0.25, 0.3) is 5.91 Å². The number of methoxy groups -OCH3 is 1. The number of carbonyl (C=O) groups excluding carboxylic acids is 1. The molecule has 1 aromatic carbocycles. The van der Waals surface area contributed by atoms with Crippen LogP contribution < -0.4 is 10.2 Å². The molecule has 0 unspecified atom stereocenters. The Morgan fingerprint density at radius 1 is 1.35 bits per heavy atom. The Bertz CT molecular complexity index is 965. The average molecular weight is 351 g/mol. The summed E-state index contributed by atoms with van der Waals surface area (Å²) in [5.41, 5.74) is 4.16. The number of rotatable bonds is 5. The Balaban J connectivity index is 1.67. The summed E-state index contributed by atoms with van der Waals surface area (Å²) in [7, 11) is 1.46. The van der Waals surface area contributed by atoms with Crippen molar-refractivity contribution in [3.63, 3.8) is 0 Å². The molecule has 26 heavy (non-hydrogen) atoms. The van der Waals surface area contributed by atoms with E-state index in [9.17, 15) is 9.90 Å². The summed E-state index contributed by atoms with van der Waals surface area (Å²) in [4.78, 5) is 20.6. The van der Waals surface area contributed by atoms with Gasteiger partial charge in [-0.3, -0.25) is 9.36 Å². The van der Waals surface area contributed by atoms with Gasteiger partial charge >= 0.3 is 0 Å². The van der Waals surface area contributed by atoms with Crippen LogP contribution in [0.1, 0.15) is 21.7 Å². The maximum atomic E-state index is 12.1. The number of imidazole rings is 1. The molecule has 2 heterocycles. The van der Waals surface area contributed by atoms with Crippen molar-refractivity contribution in [2.75, 3.05) is 7.11 Å². The van der Waals surface area contributed by atoms with Gasteiger partial charge in [0.05, 0.1) is 13.3 Å². The molecule has 0 saturated carbocycles. The second-order valence-corrected chi connectivity index (χ2v) is 5.43. The maximum Gasteiger partial charge on any atom is 0.291 e. The number of hydrazone groups is 1. The van der Waals surface area contributed by atoms with Crippen LogP contribution in [0.2, 0.25) is 0 Å². The van der Waals surface area contributed by atoms with Crippen molar-refractivity contribution in [3.05, 3.63) is 65.9 Å². The van der Waals surface area contributed by atoms with Gasteiger partial charge in [0.15, 0.2) is 11.5 Å². The van der Waals surface area contributed by atoms with Crippen molar-refractivity contribution in [3.8, 4) is 17.3 Å². The fraction of sp³-hybridized carbons (Fsp3) is 0.111. The van der Waals surface area contributed by atoms with Crippen LogP contribution in [0.25, 0.3) is 5.82 Å². The maximum absolute atomic E-state index is 12.1. The number of phenols is 1. The number of hydrogen-bond acceptors (Lipinski definition) is 6. The zero-order chi connectivity index (χ0) is 18.5. The lowest BCUT2D eigenvalue weighted by Crippen LogP contribution is -2.18. The summed E-state index contributed by atoms with van der Waals surface area (Å²) in [5, 5.41) is 13.4. The second kappa shape index (κ2) is 7.47. The fourth-order valence-electron chi connectivity index (χ4n) is 2.24. The fourth-order valence-corrected chi connectivity index (χ4v) is 2.24. The van der Waals surface area contributed by atoms with Crippen molar-refractivity contribution in [2.45, 2.75) is 6.92 Å². The first-order valence-corrected chi connectivity index (χ1v) is 7.75. The Kier molecular flexibility index (Phi) is 4.93. The molecule has 3 rings (SSSR count). The molecule has 2 aromatic heterocycles. The van der Waals surface area contributed by atoms with Crippen molar-refractivity contribution < 1.29 is 14.6 Å². The minimum atomic E-state index is -0.446. The lowest BCUT2D eigenvalue weighted by Gasteiger charge is -2.03. The highest BCUT2D eigenvalue weighted by Gasteiger charge is 2.09. The molecular weight excluding hydrogens is 334 g/mol. The Morgan fingerprint density at radius 2 is 2.19 bits per heavy atom. The number of hydrogen-bond donors (Lipinski definition) is 2. The third kappa shape index (κ3) is 3.86. The van der Waals surface area contributed by atoms with E-state index in [4.69, 9.17) is 4.74 Å². The molecule has 0 aliphatic carbocycles. The molecule has 0 radical (unpaired) electrons. The molecule has 2 N–H and O–H groups in total. The molecule has 0 bridgehead atoms. The number of nitrogens with zero attached hydrogens (tertiary/aromatic N) is 4. The third-order valence-corrected chi connectivity index (χ3v) is 3.54. The molecule has 0 saturated heterocycles. The summed E-state index contributed by atoms with van der Waals surface area (Å²) < 4.78 is 6.68. The van der Waals surface area contributed by atoms with Crippen LogP contribution in [-0.4, -0.2) is 38.9 Å². The molecule has 0 fully saturated rings. The Hall–Kier alpha value is -3.68. The zero-order valence-corrected chi connectivity index (χ0v) is 14.2. The molecule has 1 amide bonds. The predicted octanol–water partition coefficient (Wildman–Crippen LogP) is 2.05. The smallest absolute Gasteiger partial charge is 0.291 e.